The number of methoxy groups -OCH3 is 1. The molecular formula is C16H22ClFN2O. The number of hydrogen-bond acceptors (Lipinski definition) is 2. The minimum absolute atomic E-state index is 0.237. The molecule has 0 saturated heterocycles. The molecule has 1 aromatic heterocycles. The summed E-state index contributed by atoms with van der Waals surface area (Å²) in [5.41, 5.74) is 1.50. The summed E-state index contributed by atoms with van der Waals surface area (Å²) in [6, 6.07) is 3.38. The summed E-state index contributed by atoms with van der Waals surface area (Å²) in [5, 5.41) is 0. The van der Waals surface area contributed by atoms with Crippen molar-refractivity contribution in [3.8, 4) is 5.75 Å². The van der Waals surface area contributed by atoms with Crippen LogP contribution < -0.4 is 4.74 Å². The Hall–Kier alpha value is -1.29. The van der Waals surface area contributed by atoms with Crippen molar-refractivity contribution in [2.24, 2.45) is 5.92 Å². The number of rotatable bonds is 6. The minimum Gasteiger partial charge on any atom is -0.494 e. The molecule has 116 valence electrons. The molecule has 21 heavy (non-hydrogen) atoms. The van der Waals surface area contributed by atoms with Gasteiger partial charge in [-0.2, -0.15) is 0 Å². The number of halogens is 2. The van der Waals surface area contributed by atoms with Gasteiger partial charge in [-0.1, -0.05) is 20.3 Å². The van der Waals surface area contributed by atoms with Crippen LogP contribution >= 0.6 is 11.6 Å². The van der Waals surface area contributed by atoms with Crippen molar-refractivity contribution in [2.45, 2.75) is 45.5 Å². The molecule has 0 radical (unpaired) electrons. The number of nitrogens with zero attached hydrogens (tertiary/aromatic N) is 2. The van der Waals surface area contributed by atoms with E-state index in [1.807, 2.05) is 0 Å². The fourth-order valence-corrected chi connectivity index (χ4v) is 2.93. The van der Waals surface area contributed by atoms with Gasteiger partial charge in [0.05, 0.1) is 24.0 Å². The molecule has 0 aliphatic heterocycles. The second kappa shape index (κ2) is 6.65. The minimum atomic E-state index is -0.398. The van der Waals surface area contributed by atoms with Crippen LogP contribution in [0.1, 0.15) is 45.5 Å². The molecule has 3 nitrogen and oxygen atoms in total. The number of benzene rings is 1. The SMILES string of the molecule is CCC(C)CC(C)n1c(CCl)nc2cc(F)c(OC)cc21. The molecule has 0 fully saturated rings. The van der Waals surface area contributed by atoms with E-state index in [1.165, 1.54) is 13.2 Å². The second-order valence-corrected chi connectivity index (χ2v) is 5.87. The Morgan fingerprint density at radius 3 is 2.67 bits per heavy atom. The molecule has 5 heteroatoms. The third-order valence-corrected chi connectivity index (χ3v) is 4.28. The van der Waals surface area contributed by atoms with Crippen molar-refractivity contribution < 1.29 is 9.13 Å². The van der Waals surface area contributed by atoms with Crippen LogP contribution in [0.3, 0.4) is 0 Å². The summed E-state index contributed by atoms with van der Waals surface area (Å²) in [7, 11) is 1.47. The van der Waals surface area contributed by atoms with Gasteiger partial charge in [-0.3, -0.25) is 0 Å². The van der Waals surface area contributed by atoms with Gasteiger partial charge in [0.15, 0.2) is 11.6 Å². The fourth-order valence-electron chi connectivity index (χ4n) is 2.74. The zero-order chi connectivity index (χ0) is 15.6. The summed E-state index contributed by atoms with van der Waals surface area (Å²) < 4.78 is 21.0. The first-order chi connectivity index (χ1) is 10.0. The van der Waals surface area contributed by atoms with Crippen LogP contribution in [0.5, 0.6) is 5.75 Å². The molecule has 0 N–H and O–H groups in total. The number of fused-ring (bicyclic) bond motifs is 1. The zero-order valence-electron chi connectivity index (χ0n) is 13.0. The number of ether oxygens (including phenoxy) is 1. The third-order valence-electron chi connectivity index (χ3n) is 4.04. The lowest BCUT2D eigenvalue weighted by Crippen LogP contribution is -2.12. The zero-order valence-corrected chi connectivity index (χ0v) is 13.7. The van der Waals surface area contributed by atoms with E-state index in [0.717, 1.165) is 24.2 Å². The first-order valence-electron chi connectivity index (χ1n) is 7.32. The van der Waals surface area contributed by atoms with Crippen molar-refractivity contribution in [1.82, 2.24) is 9.55 Å². The van der Waals surface area contributed by atoms with Crippen LogP contribution in [-0.2, 0) is 5.88 Å². The Morgan fingerprint density at radius 2 is 2.10 bits per heavy atom. The van der Waals surface area contributed by atoms with E-state index < -0.39 is 5.82 Å². The lowest BCUT2D eigenvalue weighted by atomic mass is 10.00. The fraction of sp³-hybridized carbons (Fsp3) is 0.562. The Balaban J connectivity index is 2.54. The maximum Gasteiger partial charge on any atom is 0.167 e. The summed E-state index contributed by atoms with van der Waals surface area (Å²) in [6.07, 6.45) is 2.16. The molecule has 0 aliphatic carbocycles. The molecule has 0 bridgehead atoms. The molecule has 0 spiro atoms. The average molecular weight is 313 g/mol. The highest BCUT2D eigenvalue weighted by Gasteiger charge is 2.19. The molecule has 0 aliphatic rings. The van der Waals surface area contributed by atoms with E-state index in [0.29, 0.717) is 17.3 Å². The van der Waals surface area contributed by atoms with Crippen LogP contribution in [0.15, 0.2) is 12.1 Å². The van der Waals surface area contributed by atoms with Gasteiger partial charge in [0.2, 0.25) is 0 Å². The largest absolute Gasteiger partial charge is 0.494 e. The Morgan fingerprint density at radius 1 is 1.38 bits per heavy atom. The highest BCUT2D eigenvalue weighted by molar-refractivity contribution is 6.16. The molecule has 1 aromatic carbocycles. The van der Waals surface area contributed by atoms with Gasteiger partial charge >= 0.3 is 0 Å². The van der Waals surface area contributed by atoms with Crippen LogP contribution in [0, 0.1) is 11.7 Å². The van der Waals surface area contributed by atoms with E-state index in [9.17, 15) is 4.39 Å². The Labute approximate surface area is 130 Å². The second-order valence-electron chi connectivity index (χ2n) is 5.61. The maximum absolute atomic E-state index is 13.8. The van der Waals surface area contributed by atoms with Gasteiger partial charge in [-0.15, -0.1) is 11.6 Å². The van der Waals surface area contributed by atoms with E-state index in [-0.39, 0.29) is 11.8 Å². The van der Waals surface area contributed by atoms with Crippen molar-refractivity contribution in [2.75, 3.05) is 7.11 Å². The van der Waals surface area contributed by atoms with Gasteiger partial charge in [-0.05, 0) is 19.3 Å². The number of aromatic nitrogens is 2. The number of alkyl halides is 1. The van der Waals surface area contributed by atoms with E-state index in [1.54, 1.807) is 6.07 Å². The maximum atomic E-state index is 13.8. The highest BCUT2D eigenvalue weighted by atomic mass is 35.5. The molecular weight excluding hydrogens is 291 g/mol. The third kappa shape index (κ3) is 3.15. The first-order valence-corrected chi connectivity index (χ1v) is 7.85. The highest BCUT2D eigenvalue weighted by Crippen LogP contribution is 2.31. The molecule has 0 amide bonds. The quantitative estimate of drug-likeness (QED) is 0.708. The molecule has 2 atom stereocenters. The monoisotopic (exact) mass is 312 g/mol. The van der Waals surface area contributed by atoms with Crippen molar-refractivity contribution in [3.05, 3.63) is 23.8 Å². The van der Waals surface area contributed by atoms with Gasteiger partial charge in [0.1, 0.15) is 5.82 Å². The van der Waals surface area contributed by atoms with Gasteiger partial charge in [-0.25, -0.2) is 9.37 Å². The normalized spacial score (nSPS) is 14.4. The molecule has 0 saturated carbocycles. The van der Waals surface area contributed by atoms with Crippen LogP contribution in [-0.4, -0.2) is 16.7 Å². The van der Waals surface area contributed by atoms with E-state index >= 15 is 0 Å². The molecule has 2 rings (SSSR count). The van der Waals surface area contributed by atoms with Crippen LogP contribution in [0.25, 0.3) is 11.0 Å². The van der Waals surface area contributed by atoms with Gasteiger partial charge in [0.25, 0.3) is 0 Å². The molecule has 2 aromatic rings. The summed E-state index contributed by atoms with van der Waals surface area (Å²) >= 11 is 6.02. The lowest BCUT2D eigenvalue weighted by molar-refractivity contribution is 0.385. The van der Waals surface area contributed by atoms with Crippen LogP contribution in [0.2, 0.25) is 0 Å². The topological polar surface area (TPSA) is 27.1 Å². The van der Waals surface area contributed by atoms with Gasteiger partial charge < -0.3 is 9.30 Å². The lowest BCUT2D eigenvalue weighted by Gasteiger charge is -2.20. The van der Waals surface area contributed by atoms with Crippen molar-refractivity contribution in [1.29, 1.82) is 0 Å². The number of hydrogen-bond donors (Lipinski definition) is 0. The standard InChI is InChI=1S/C16H22ClFN2O/c1-5-10(2)6-11(3)20-14-8-15(21-4)12(18)7-13(14)19-16(20)9-17/h7-8,10-11H,5-6,9H2,1-4H3. The smallest absolute Gasteiger partial charge is 0.167 e. The molecule has 1 heterocycles. The molecule has 2 unspecified atom stereocenters. The predicted molar refractivity (Wildman–Crippen MR) is 84.6 cm³/mol. The Kier molecular flexibility index (Phi) is 5.09. The van der Waals surface area contributed by atoms with Crippen LogP contribution in [0.4, 0.5) is 4.39 Å². The predicted octanol–water partition coefficient (Wildman–Crippen LogP) is 4.92. The number of imidazole rings is 1. The van der Waals surface area contributed by atoms with Gasteiger partial charge in [0, 0.05) is 18.2 Å². The Bertz CT molecular complexity index is 626. The van der Waals surface area contributed by atoms with E-state index in [4.69, 9.17) is 16.3 Å². The average Bonchev–Trinajstić information content (AvgIpc) is 2.83. The summed E-state index contributed by atoms with van der Waals surface area (Å²) in [6.45, 7) is 6.57. The summed E-state index contributed by atoms with van der Waals surface area (Å²) in [4.78, 5) is 4.46. The van der Waals surface area contributed by atoms with Crippen molar-refractivity contribution >= 4 is 22.6 Å². The first kappa shape index (κ1) is 16.1. The van der Waals surface area contributed by atoms with E-state index in [2.05, 4.69) is 30.3 Å². The van der Waals surface area contributed by atoms with Crippen molar-refractivity contribution in [3.63, 3.8) is 0 Å². The summed E-state index contributed by atoms with van der Waals surface area (Å²) in [5.74, 6) is 1.53.